The molecule has 3 aromatic rings. The standard InChI is InChI=1S/C25H30FN3O6/c1-4-32-21-12-16(13-22(23(21)26)33-5-2)15-29-10-8-17(9-11-29)27-24-28-19-7-6-18(14-20(19)35-24)34-25(30)31-3/h6-7,12-14,17H,4-5,8-11,15H2,1-3H3,(H,27,28). The zero-order valence-electron chi connectivity index (χ0n) is 20.1. The highest BCUT2D eigenvalue weighted by Crippen LogP contribution is 2.31. The quantitative estimate of drug-likeness (QED) is 0.331. The highest BCUT2D eigenvalue weighted by atomic mass is 19.1. The number of carbonyl (C=O) groups is 1. The Kier molecular flexibility index (Phi) is 7.91. The maximum atomic E-state index is 14.5. The van der Waals surface area contributed by atoms with Gasteiger partial charge in [-0.1, -0.05) is 0 Å². The van der Waals surface area contributed by atoms with Gasteiger partial charge in [-0.3, -0.25) is 4.90 Å². The number of piperidine rings is 1. The van der Waals surface area contributed by atoms with Crippen LogP contribution >= 0.6 is 0 Å². The molecule has 0 spiro atoms. The van der Waals surface area contributed by atoms with Gasteiger partial charge in [-0.25, -0.2) is 4.79 Å². The fraction of sp³-hybridized carbons (Fsp3) is 0.440. The summed E-state index contributed by atoms with van der Waals surface area (Å²) in [4.78, 5) is 18.1. The molecule has 0 unspecified atom stereocenters. The molecule has 0 bridgehead atoms. The van der Waals surface area contributed by atoms with Crippen LogP contribution in [-0.4, -0.2) is 55.5 Å². The number of methoxy groups -OCH3 is 1. The van der Waals surface area contributed by atoms with Crippen molar-refractivity contribution in [2.45, 2.75) is 39.3 Å². The van der Waals surface area contributed by atoms with Gasteiger partial charge in [0.25, 0.3) is 6.01 Å². The van der Waals surface area contributed by atoms with Gasteiger partial charge in [0, 0.05) is 31.7 Å². The van der Waals surface area contributed by atoms with E-state index in [-0.39, 0.29) is 17.5 Å². The first-order chi connectivity index (χ1) is 17.0. The van der Waals surface area contributed by atoms with Gasteiger partial charge >= 0.3 is 6.16 Å². The SMILES string of the molecule is CCOc1cc(CN2CCC(Nc3nc4ccc(OC(=O)OC)cc4o3)CC2)cc(OCC)c1F. The van der Waals surface area contributed by atoms with Crippen LogP contribution in [0.25, 0.3) is 11.1 Å². The molecule has 188 valence electrons. The highest BCUT2D eigenvalue weighted by molar-refractivity contribution is 5.77. The number of benzene rings is 2. The number of ether oxygens (including phenoxy) is 4. The molecule has 1 aromatic heterocycles. The molecule has 1 fully saturated rings. The minimum absolute atomic E-state index is 0.205. The number of anilines is 1. The summed E-state index contributed by atoms with van der Waals surface area (Å²) in [6.07, 6.45) is 0.999. The van der Waals surface area contributed by atoms with Crippen molar-refractivity contribution in [3.05, 3.63) is 41.7 Å². The largest absolute Gasteiger partial charge is 0.513 e. The maximum absolute atomic E-state index is 14.5. The molecule has 2 heterocycles. The van der Waals surface area contributed by atoms with E-state index in [4.69, 9.17) is 18.6 Å². The molecule has 9 nitrogen and oxygen atoms in total. The minimum atomic E-state index is -0.794. The molecular weight excluding hydrogens is 457 g/mol. The number of likely N-dealkylation sites (tertiary alicyclic amines) is 1. The van der Waals surface area contributed by atoms with Gasteiger partial charge in [0.1, 0.15) is 11.3 Å². The summed E-state index contributed by atoms with van der Waals surface area (Å²) in [5.74, 6) is 0.311. The zero-order valence-corrected chi connectivity index (χ0v) is 20.1. The molecule has 0 saturated carbocycles. The highest BCUT2D eigenvalue weighted by Gasteiger charge is 2.22. The van der Waals surface area contributed by atoms with Crippen LogP contribution in [0.3, 0.4) is 0 Å². The Morgan fingerprint density at radius 2 is 1.83 bits per heavy atom. The summed E-state index contributed by atoms with van der Waals surface area (Å²) in [5, 5.41) is 3.36. The van der Waals surface area contributed by atoms with Crippen LogP contribution in [0.2, 0.25) is 0 Å². The van der Waals surface area contributed by atoms with E-state index < -0.39 is 12.0 Å². The average molecular weight is 488 g/mol. The molecule has 35 heavy (non-hydrogen) atoms. The molecule has 1 saturated heterocycles. The van der Waals surface area contributed by atoms with Gasteiger partial charge in [-0.15, -0.1) is 0 Å². The van der Waals surface area contributed by atoms with E-state index in [9.17, 15) is 9.18 Å². The number of carbonyl (C=O) groups excluding carboxylic acids is 1. The van der Waals surface area contributed by atoms with E-state index >= 15 is 0 Å². The monoisotopic (exact) mass is 487 g/mol. The normalized spacial score (nSPS) is 14.6. The third kappa shape index (κ3) is 6.13. The summed E-state index contributed by atoms with van der Waals surface area (Å²) in [7, 11) is 1.25. The Morgan fingerprint density at radius 3 is 2.46 bits per heavy atom. The lowest BCUT2D eigenvalue weighted by Crippen LogP contribution is -2.38. The van der Waals surface area contributed by atoms with Crippen LogP contribution in [0, 0.1) is 5.82 Å². The number of halogens is 1. The van der Waals surface area contributed by atoms with Crippen molar-refractivity contribution < 1.29 is 32.5 Å². The minimum Gasteiger partial charge on any atom is -0.491 e. The van der Waals surface area contributed by atoms with Gasteiger partial charge in [0.15, 0.2) is 17.1 Å². The molecule has 10 heteroatoms. The fourth-order valence-electron chi connectivity index (χ4n) is 4.08. The predicted molar refractivity (Wildman–Crippen MR) is 128 cm³/mol. The van der Waals surface area contributed by atoms with E-state index in [2.05, 4.69) is 19.9 Å². The second-order valence-corrected chi connectivity index (χ2v) is 8.17. The third-order valence-electron chi connectivity index (χ3n) is 5.71. The maximum Gasteiger partial charge on any atom is 0.513 e. The van der Waals surface area contributed by atoms with Crippen LogP contribution < -0.4 is 19.5 Å². The topological polar surface area (TPSA) is 95.3 Å². The van der Waals surface area contributed by atoms with Crippen molar-refractivity contribution in [1.29, 1.82) is 0 Å². The van der Waals surface area contributed by atoms with Crippen LogP contribution in [0.4, 0.5) is 15.2 Å². The molecular formula is C25H30FN3O6. The Labute approximate surface area is 203 Å². The van der Waals surface area contributed by atoms with Crippen LogP contribution in [0.15, 0.2) is 34.7 Å². The summed E-state index contributed by atoms with van der Waals surface area (Å²) >= 11 is 0. The first-order valence-corrected chi connectivity index (χ1v) is 11.7. The van der Waals surface area contributed by atoms with E-state index in [0.29, 0.717) is 42.6 Å². The van der Waals surface area contributed by atoms with Crippen LogP contribution in [0.1, 0.15) is 32.3 Å². The number of aromatic nitrogens is 1. The lowest BCUT2D eigenvalue weighted by molar-refractivity contribution is 0.121. The summed E-state index contributed by atoms with van der Waals surface area (Å²) < 4.78 is 40.8. The molecule has 0 radical (unpaired) electrons. The molecule has 1 aliphatic heterocycles. The van der Waals surface area contributed by atoms with Crippen LogP contribution in [-0.2, 0) is 11.3 Å². The number of oxazole rings is 1. The average Bonchev–Trinajstić information content (AvgIpc) is 3.25. The Bertz CT molecular complexity index is 1130. The van der Waals surface area contributed by atoms with Gasteiger partial charge in [0.2, 0.25) is 5.82 Å². The van der Waals surface area contributed by atoms with E-state index in [1.54, 1.807) is 30.3 Å². The lowest BCUT2D eigenvalue weighted by Gasteiger charge is -2.32. The first kappa shape index (κ1) is 24.6. The summed E-state index contributed by atoms with van der Waals surface area (Å²) in [6, 6.07) is 9.09. The number of fused-ring (bicyclic) bond motifs is 1. The van der Waals surface area contributed by atoms with Crippen LogP contribution in [0.5, 0.6) is 17.2 Å². The van der Waals surface area contributed by atoms with Crippen molar-refractivity contribution in [3.63, 3.8) is 0 Å². The van der Waals surface area contributed by atoms with Crippen molar-refractivity contribution in [1.82, 2.24) is 9.88 Å². The van der Waals surface area contributed by atoms with E-state index in [0.717, 1.165) is 31.5 Å². The molecule has 1 aliphatic rings. The number of hydrogen-bond acceptors (Lipinski definition) is 9. The number of nitrogens with one attached hydrogen (secondary N) is 1. The number of rotatable bonds is 9. The smallest absolute Gasteiger partial charge is 0.491 e. The van der Waals surface area contributed by atoms with Crippen molar-refractivity contribution in [2.24, 2.45) is 0 Å². The van der Waals surface area contributed by atoms with Gasteiger partial charge in [-0.05, 0) is 56.5 Å². The molecule has 1 N–H and O–H groups in total. The summed E-state index contributed by atoms with van der Waals surface area (Å²) in [5.41, 5.74) is 2.13. The fourth-order valence-corrected chi connectivity index (χ4v) is 4.08. The Hall–Kier alpha value is -3.53. The van der Waals surface area contributed by atoms with E-state index in [1.165, 1.54) is 7.11 Å². The molecule has 0 aliphatic carbocycles. The second-order valence-electron chi connectivity index (χ2n) is 8.17. The van der Waals surface area contributed by atoms with Crippen molar-refractivity contribution in [2.75, 3.05) is 38.7 Å². The van der Waals surface area contributed by atoms with Gasteiger partial charge < -0.3 is 28.7 Å². The van der Waals surface area contributed by atoms with Crippen molar-refractivity contribution in [3.8, 4) is 17.2 Å². The van der Waals surface area contributed by atoms with Gasteiger partial charge in [-0.2, -0.15) is 9.37 Å². The Morgan fingerprint density at radius 1 is 1.14 bits per heavy atom. The molecule has 0 atom stereocenters. The predicted octanol–water partition coefficient (Wildman–Crippen LogP) is 4.99. The first-order valence-electron chi connectivity index (χ1n) is 11.7. The third-order valence-corrected chi connectivity index (χ3v) is 5.71. The number of hydrogen-bond donors (Lipinski definition) is 1. The molecule has 0 amide bonds. The molecule has 4 rings (SSSR count). The molecule has 2 aromatic carbocycles. The Balaban J connectivity index is 1.34. The second kappa shape index (κ2) is 11.3. The number of nitrogens with zero attached hydrogens (tertiary/aromatic N) is 2. The van der Waals surface area contributed by atoms with Gasteiger partial charge in [0.05, 0.1) is 20.3 Å². The van der Waals surface area contributed by atoms with Crippen molar-refractivity contribution >= 4 is 23.3 Å². The lowest BCUT2D eigenvalue weighted by atomic mass is 10.0. The van der Waals surface area contributed by atoms with E-state index in [1.807, 2.05) is 13.8 Å². The zero-order chi connectivity index (χ0) is 24.8. The summed E-state index contributed by atoms with van der Waals surface area (Å²) in [6.45, 7) is 6.84.